The molecule has 2 aromatic carbocycles. The number of rotatable bonds is 4. The molecule has 0 aliphatic rings. The molecule has 3 N–H and O–H groups in total. The van der Waals surface area contributed by atoms with Gasteiger partial charge in [-0.25, -0.2) is 0 Å². The number of phenols is 2. The molecule has 0 atom stereocenters. The van der Waals surface area contributed by atoms with Gasteiger partial charge in [0.05, 0.1) is 6.54 Å². The first kappa shape index (κ1) is 15.4. The number of benzene rings is 2. The maximum Gasteiger partial charge on any atom is 0.196 e. The Morgan fingerprint density at radius 3 is 2.65 bits per heavy atom. The number of phenolic OH excluding ortho intramolecular Hbond substituents is 2. The Kier molecular flexibility index (Phi) is 4.23. The number of hydrogen-bond donors (Lipinski definition) is 3. The Hall–Kier alpha value is -2.50. The van der Waals surface area contributed by atoms with E-state index >= 15 is 0 Å². The lowest BCUT2D eigenvalue weighted by molar-refractivity contribution is 0.406. The zero-order valence-corrected chi connectivity index (χ0v) is 12.8. The highest BCUT2D eigenvalue weighted by Gasteiger charge is 2.12. The van der Waals surface area contributed by atoms with Crippen molar-refractivity contribution in [3.63, 3.8) is 0 Å². The highest BCUT2D eigenvalue weighted by molar-refractivity contribution is 6.31. The minimum absolute atomic E-state index is 0.0279. The lowest BCUT2D eigenvalue weighted by atomic mass is 10.2. The summed E-state index contributed by atoms with van der Waals surface area (Å²) in [5, 5.41) is 23.0. The van der Waals surface area contributed by atoms with Gasteiger partial charge in [-0.2, -0.15) is 0 Å². The van der Waals surface area contributed by atoms with E-state index in [1.54, 1.807) is 0 Å². The third kappa shape index (κ3) is 3.16. The zero-order valence-electron chi connectivity index (χ0n) is 12.0. The highest BCUT2D eigenvalue weighted by Crippen LogP contribution is 2.31. The molecular weight excluding hydrogens is 318 g/mol. The molecule has 0 bridgehead atoms. The van der Waals surface area contributed by atoms with Crippen molar-refractivity contribution in [3.05, 3.63) is 69.0 Å². The smallest absolute Gasteiger partial charge is 0.196 e. The molecule has 1 aromatic heterocycles. The van der Waals surface area contributed by atoms with Gasteiger partial charge in [-0.05, 0) is 23.8 Å². The molecule has 3 rings (SSSR count). The van der Waals surface area contributed by atoms with Crippen molar-refractivity contribution in [2.75, 3.05) is 0 Å². The van der Waals surface area contributed by atoms with Crippen LogP contribution in [-0.4, -0.2) is 10.2 Å². The molecule has 3 aromatic rings. The summed E-state index contributed by atoms with van der Waals surface area (Å²) in [5.74, 6) is -0.388. The first-order valence-corrected chi connectivity index (χ1v) is 7.36. The van der Waals surface area contributed by atoms with E-state index in [-0.39, 0.29) is 16.7 Å². The molecule has 23 heavy (non-hydrogen) atoms. The largest absolute Gasteiger partial charge is 0.504 e. The molecule has 0 aliphatic heterocycles. The number of aromatic hydroxyl groups is 2. The average Bonchev–Trinajstić information content (AvgIpc) is 2.52. The van der Waals surface area contributed by atoms with E-state index in [0.29, 0.717) is 23.9 Å². The van der Waals surface area contributed by atoms with Gasteiger partial charge in [0.1, 0.15) is 16.7 Å². The van der Waals surface area contributed by atoms with Crippen LogP contribution in [0.4, 0.5) is 0 Å². The number of hydrogen-bond acceptors (Lipinski definition) is 5. The van der Waals surface area contributed by atoms with Crippen LogP contribution in [0.2, 0.25) is 5.02 Å². The van der Waals surface area contributed by atoms with E-state index in [2.05, 4.69) is 5.32 Å². The second kappa shape index (κ2) is 6.32. The summed E-state index contributed by atoms with van der Waals surface area (Å²) in [6.45, 7) is 0.861. The maximum absolute atomic E-state index is 12.1. The van der Waals surface area contributed by atoms with Crippen LogP contribution in [-0.2, 0) is 13.1 Å². The third-order valence-electron chi connectivity index (χ3n) is 3.47. The van der Waals surface area contributed by atoms with E-state index in [1.165, 1.54) is 18.2 Å². The fraction of sp³-hybridized carbons (Fsp3) is 0.118. The van der Waals surface area contributed by atoms with Crippen molar-refractivity contribution in [1.29, 1.82) is 0 Å². The Labute approximate surface area is 136 Å². The van der Waals surface area contributed by atoms with Gasteiger partial charge in [-0.3, -0.25) is 4.79 Å². The maximum atomic E-state index is 12.1. The Balaban J connectivity index is 1.80. The third-order valence-corrected chi connectivity index (χ3v) is 3.84. The van der Waals surface area contributed by atoms with Gasteiger partial charge in [-0.15, -0.1) is 0 Å². The standard InChI is InChI=1S/C17H14ClNO4/c18-12-4-2-1-3-10(12)8-19-9-11-7-14(21)16-15(23-11)6-5-13(20)17(16)22/h1-7,19-20,22H,8-9H2. The lowest BCUT2D eigenvalue weighted by Gasteiger charge is -2.08. The number of nitrogens with one attached hydrogen (secondary N) is 1. The molecule has 0 unspecified atom stereocenters. The topological polar surface area (TPSA) is 82.7 Å². The molecule has 0 spiro atoms. The van der Waals surface area contributed by atoms with Crippen LogP contribution in [0.5, 0.6) is 11.5 Å². The fourth-order valence-electron chi connectivity index (χ4n) is 2.32. The van der Waals surface area contributed by atoms with Crippen LogP contribution in [0.15, 0.2) is 51.7 Å². The monoisotopic (exact) mass is 331 g/mol. The van der Waals surface area contributed by atoms with Gasteiger partial charge in [0.25, 0.3) is 0 Å². The number of halogens is 1. The highest BCUT2D eigenvalue weighted by atomic mass is 35.5. The van der Waals surface area contributed by atoms with Crippen LogP contribution in [0.25, 0.3) is 11.0 Å². The number of fused-ring (bicyclic) bond motifs is 1. The first-order chi connectivity index (χ1) is 11.1. The molecule has 0 saturated carbocycles. The van der Waals surface area contributed by atoms with Crippen LogP contribution < -0.4 is 10.7 Å². The van der Waals surface area contributed by atoms with Crippen LogP contribution in [0.1, 0.15) is 11.3 Å². The molecule has 0 amide bonds. The summed E-state index contributed by atoms with van der Waals surface area (Å²) >= 11 is 6.08. The zero-order chi connectivity index (χ0) is 16.4. The van der Waals surface area contributed by atoms with Crippen molar-refractivity contribution >= 4 is 22.6 Å². The minimum Gasteiger partial charge on any atom is -0.504 e. The summed E-state index contributed by atoms with van der Waals surface area (Å²) in [5.41, 5.74) is 0.761. The van der Waals surface area contributed by atoms with Crippen LogP contribution in [0.3, 0.4) is 0 Å². The van der Waals surface area contributed by atoms with Gasteiger partial charge >= 0.3 is 0 Å². The predicted octanol–water partition coefficient (Wildman–Crippen LogP) is 3.15. The molecule has 118 valence electrons. The Morgan fingerprint density at radius 2 is 1.87 bits per heavy atom. The SMILES string of the molecule is O=c1cc(CNCc2ccccc2Cl)oc2ccc(O)c(O)c12. The average molecular weight is 332 g/mol. The lowest BCUT2D eigenvalue weighted by Crippen LogP contribution is -2.14. The van der Waals surface area contributed by atoms with Crippen LogP contribution >= 0.6 is 11.6 Å². The molecule has 6 heteroatoms. The molecule has 0 fully saturated rings. The van der Waals surface area contributed by atoms with E-state index in [1.807, 2.05) is 24.3 Å². The molecule has 5 nitrogen and oxygen atoms in total. The van der Waals surface area contributed by atoms with Gasteiger partial charge in [0.15, 0.2) is 16.9 Å². The van der Waals surface area contributed by atoms with E-state index in [9.17, 15) is 15.0 Å². The van der Waals surface area contributed by atoms with Gasteiger partial charge in [-0.1, -0.05) is 29.8 Å². The quantitative estimate of drug-likeness (QED) is 0.640. The molecule has 0 aliphatic carbocycles. The predicted molar refractivity (Wildman–Crippen MR) is 87.8 cm³/mol. The molecule has 0 saturated heterocycles. The van der Waals surface area contributed by atoms with Gasteiger partial charge in [0, 0.05) is 17.6 Å². The molecule has 1 heterocycles. The van der Waals surface area contributed by atoms with Crippen molar-refractivity contribution in [2.45, 2.75) is 13.1 Å². The summed E-state index contributed by atoms with van der Waals surface area (Å²) in [7, 11) is 0. The first-order valence-electron chi connectivity index (χ1n) is 6.98. The second-order valence-corrected chi connectivity index (χ2v) is 5.49. The van der Waals surface area contributed by atoms with E-state index < -0.39 is 11.2 Å². The van der Waals surface area contributed by atoms with Crippen molar-refractivity contribution in [3.8, 4) is 11.5 Å². The van der Waals surface area contributed by atoms with Gasteiger partial charge in [0.2, 0.25) is 0 Å². The fourth-order valence-corrected chi connectivity index (χ4v) is 2.53. The Morgan fingerprint density at radius 1 is 1.09 bits per heavy atom. The van der Waals surface area contributed by atoms with E-state index in [0.717, 1.165) is 5.56 Å². The summed E-state index contributed by atoms with van der Waals surface area (Å²) in [4.78, 5) is 12.1. The molecular formula is C17H14ClNO4. The van der Waals surface area contributed by atoms with Crippen LogP contribution in [0, 0.1) is 0 Å². The Bertz CT molecular complexity index is 920. The summed E-state index contributed by atoms with van der Waals surface area (Å²) in [6.07, 6.45) is 0. The van der Waals surface area contributed by atoms with E-state index in [4.69, 9.17) is 16.0 Å². The normalized spacial score (nSPS) is 11.0. The van der Waals surface area contributed by atoms with Crippen molar-refractivity contribution in [2.24, 2.45) is 0 Å². The minimum atomic E-state index is -0.466. The van der Waals surface area contributed by atoms with Crippen molar-refractivity contribution < 1.29 is 14.6 Å². The second-order valence-electron chi connectivity index (χ2n) is 5.08. The van der Waals surface area contributed by atoms with Crippen molar-refractivity contribution in [1.82, 2.24) is 5.32 Å². The summed E-state index contributed by atoms with van der Waals surface area (Å²) in [6, 6.07) is 11.5. The van der Waals surface area contributed by atoms with Gasteiger partial charge < -0.3 is 19.9 Å². The molecule has 0 radical (unpaired) electrons. The summed E-state index contributed by atoms with van der Waals surface area (Å²) < 4.78 is 5.58.